The third kappa shape index (κ3) is 3.94. The largest absolute Gasteiger partial charge is 0.478 e. The molecule has 132 valence electrons. The summed E-state index contributed by atoms with van der Waals surface area (Å²) in [4.78, 5) is 45.4. The minimum atomic E-state index is -1.44. The summed E-state index contributed by atoms with van der Waals surface area (Å²) in [6.45, 7) is 2.71. The second-order valence-corrected chi connectivity index (χ2v) is 6.21. The van der Waals surface area contributed by atoms with E-state index in [1.807, 2.05) is 0 Å². The number of halogens is 1. The highest BCUT2D eigenvalue weighted by atomic mass is 79.9. The molecule has 25 heavy (non-hydrogen) atoms. The van der Waals surface area contributed by atoms with Crippen LogP contribution in [0, 0.1) is 10.1 Å². The maximum Gasteiger partial charge on any atom is 0.350 e. The molecule has 0 aliphatic carbocycles. The first-order chi connectivity index (χ1) is 11.5. The summed E-state index contributed by atoms with van der Waals surface area (Å²) in [5.41, 5.74) is -1.97. The van der Waals surface area contributed by atoms with Crippen LogP contribution in [0.2, 0.25) is 0 Å². The number of nitro benzene ring substituents is 1. The lowest BCUT2D eigenvalue weighted by Crippen LogP contribution is -2.42. The number of carboxylic acids is 1. The minimum absolute atomic E-state index is 0.174. The summed E-state index contributed by atoms with van der Waals surface area (Å²) < 4.78 is 9.92. The molecule has 1 saturated heterocycles. The van der Waals surface area contributed by atoms with Crippen LogP contribution < -0.4 is 5.32 Å². The summed E-state index contributed by atoms with van der Waals surface area (Å²) in [5, 5.41) is 22.7. The molecule has 0 amide bonds. The zero-order valence-electron chi connectivity index (χ0n) is 12.9. The van der Waals surface area contributed by atoms with Crippen molar-refractivity contribution in [1.29, 1.82) is 0 Å². The van der Waals surface area contributed by atoms with Gasteiger partial charge >= 0.3 is 17.9 Å². The lowest BCUT2D eigenvalue weighted by atomic mass is 10.1. The number of cyclic esters (lactones) is 2. The minimum Gasteiger partial charge on any atom is -0.478 e. The Balaban J connectivity index is 2.47. The number of esters is 2. The summed E-state index contributed by atoms with van der Waals surface area (Å²) >= 11 is 2.98. The summed E-state index contributed by atoms with van der Waals surface area (Å²) in [7, 11) is 0. The number of rotatable bonds is 4. The van der Waals surface area contributed by atoms with Crippen molar-refractivity contribution in [3.8, 4) is 0 Å². The molecule has 0 atom stereocenters. The van der Waals surface area contributed by atoms with Crippen LogP contribution >= 0.6 is 15.9 Å². The van der Waals surface area contributed by atoms with Crippen molar-refractivity contribution in [3.63, 3.8) is 0 Å². The summed E-state index contributed by atoms with van der Waals surface area (Å²) in [6.07, 6.45) is 0.808. The Morgan fingerprint density at radius 2 is 1.88 bits per heavy atom. The van der Waals surface area contributed by atoms with Crippen molar-refractivity contribution in [1.82, 2.24) is 0 Å². The lowest BCUT2D eigenvalue weighted by Gasteiger charge is -2.29. The van der Waals surface area contributed by atoms with Gasteiger partial charge < -0.3 is 19.9 Å². The van der Waals surface area contributed by atoms with Crippen LogP contribution in [0.3, 0.4) is 0 Å². The van der Waals surface area contributed by atoms with Crippen LogP contribution in [0.1, 0.15) is 24.2 Å². The fourth-order valence-corrected chi connectivity index (χ4v) is 2.43. The molecular weight excluding hydrogens is 404 g/mol. The Morgan fingerprint density at radius 1 is 1.32 bits per heavy atom. The monoisotopic (exact) mass is 414 g/mol. The highest BCUT2D eigenvalue weighted by Gasteiger charge is 2.39. The second kappa shape index (κ2) is 6.51. The number of hydrogen-bond acceptors (Lipinski definition) is 8. The molecule has 2 rings (SSSR count). The van der Waals surface area contributed by atoms with Gasteiger partial charge in [-0.3, -0.25) is 10.1 Å². The van der Waals surface area contributed by atoms with E-state index in [4.69, 9.17) is 9.47 Å². The third-order valence-electron chi connectivity index (χ3n) is 2.99. The zero-order valence-corrected chi connectivity index (χ0v) is 14.4. The Labute approximate surface area is 148 Å². The quantitative estimate of drug-likeness (QED) is 0.248. The molecule has 2 N–H and O–H groups in total. The van der Waals surface area contributed by atoms with Crippen molar-refractivity contribution in [2.45, 2.75) is 19.6 Å². The van der Waals surface area contributed by atoms with Crippen LogP contribution in [0.5, 0.6) is 0 Å². The smallest absolute Gasteiger partial charge is 0.350 e. The van der Waals surface area contributed by atoms with Crippen molar-refractivity contribution in [2.75, 3.05) is 5.32 Å². The van der Waals surface area contributed by atoms with Gasteiger partial charge in [-0.1, -0.05) is 15.9 Å². The Hall–Kier alpha value is -2.95. The first-order valence-electron chi connectivity index (χ1n) is 6.66. The van der Waals surface area contributed by atoms with Gasteiger partial charge in [0, 0.05) is 30.6 Å². The number of aromatic carboxylic acids is 1. The number of nitro groups is 1. The average molecular weight is 415 g/mol. The molecule has 1 aliphatic rings. The molecule has 0 radical (unpaired) electrons. The standard InChI is InChI=1S/C14H11BrN2O8/c1-14(2)24-12(20)8(13(21)25-14)5-16-10-7(11(18)19)3-6(15)4-9(10)17(22)23/h3-5,16H,1-2H3,(H,18,19). The molecule has 0 bridgehead atoms. The van der Waals surface area contributed by atoms with Gasteiger partial charge in [-0.25, -0.2) is 14.4 Å². The van der Waals surface area contributed by atoms with Crippen LogP contribution in [0.15, 0.2) is 28.4 Å². The van der Waals surface area contributed by atoms with E-state index in [0.29, 0.717) is 0 Å². The number of hydrogen-bond donors (Lipinski definition) is 2. The maximum absolute atomic E-state index is 11.8. The van der Waals surface area contributed by atoms with Gasteiger partial charge in [0.1, 0.15) is 5.69 Å². The summed E-state index contributed by atoms with van der Waals surface area (Å²) in [5.74, 6) is -4.91. The van der Waals surface area contributed by atoms with E-state index in [1.54, 1.807) is 0 Å². The molecular formula is C14H11BrN2O8. The number of benzene rings is 1. The normalized spacial score (nSPS) is 15.9. The topological polar surface area (TPSA) is 145 Å². The van der Waals surface area contributed by atoms with Gasteiger partial charge in [-0.2, -0.15) is 0 Å². The highest BCUT2D eigenvalue weighted by Crippen LogP contribution is 2.33. The number of nitrogens with zero attached hydrogens (tertiary/aromatic N) is 1. The summed E-state index contributed by atoms with van der Waals surface area (Å²) in [6, 6.07) is 2.21. The maximum atomic E-state index is 11.8. The molecule has 0 saturated carbocycles. The highest BCUT2D eigenvalue weighted by molar-refractivity contribution is 9.10. The SMILES string of the molecule is CC1(C)OC(=O)C(=CNc2c(C(=O)O)cc(Br)cc2[N+](=O)[O-])C(=O)O1. The molecule has 1 fully saturated rings. The molecule has 1 heterocycles. The number of carboxylic acid groups (broad SMARTS) is 1. The Morgan fingerprint density at radius 3 is 2.36 bits per heavy atom. The third-order valence-corrected chi connectivity index (χ3v) is 3.44. The van der Waals surface area contributed by atoms with Gasteiger partial charge in [0.15, 0.2) is 5.57 Å². The second-order valence-electron chi connectivity index (χ2n) is 5.29. The predicted octanol–water partition coefficient (Wildman–Crippen LogP) is 2.19. The van der Waals surface area contributed by atoms with Crippen LogP contribution in [-0.2, 0) is 19.1 Å². The Kier molecular flexibility index (Phi) is 4.79. The average Bonchev–Trinajstić information content (AvgIpc) is 2.45. The lowest BCUT2D eigenvalue weighted by molar-refractivity contribution is -0.384. The first kappa shape index (κ1) is 18.4. The molecule has 0 spiro atoms. The van der Waals surface area contributed by atoms with E-state index in [2.05, 4.69) is 21.2 Å². The van der Waals surface area contributed by atoms with Crippen molar-refractivity contribution < 1.29 is 33.9 Å². The molecule has 1 aromatic rings. The number of ether oxygens (including phenoxy) is 2. The van der Waals surface area contributed by atoms with Crippen LogP contribution in [0.25, 0.3) is 0 Å². The molecule has 11 heteroatoms. The van der Waals surface area contributed by atoms with Crippen LogP contribution in [0.4, 0.5) is 11.4 Å². The first-order valence-corrected chi connectivity index (χ1v) is 7.46. The molecule has 0 aromatic heterocycles. The van der Waals surface area contributed by atoms with Crippen molar-refractivity contribution >= 4 is 45.2 Å². The zero-order chi connectivity index (χ0) is 18.9. The van der Waals surface area contributed by atoms with Gasteiger partial charge in [0.2, 0.25) is 0 Å². The van der Waals surface area contributed by atoms with E-state index in [9.17, 15) is 29.6 Å². The number of nitrogens with one attached hydrogen (secondary N) is 1. The van der Waals surface area contributed by atoms with Crippen molar-refractivity contribution in [3.05, 3.63) is 44.1 Å². The predicted molar refractivity (Wildman–Crippen MR) is 85.7 cm³/mol. The molecule has 1 aliphatic heterocycles. The molecule has 1 aromatic carbocycles. The van der Waals surface area contributed by atoms with Gasteiger partial charge in [0.05, 0.1) is 10.5 Å². The number of carbonyl (C=O) groups excluding carboxylic acids is 2. The fourth-order valence-electron chi connectivity index (χ4n) is 1.98. The van der Waals surface area contributed by atoms with Gasteiger partial charge in [-0.05, 0) is 6.07 Å². The number of carbonyl (C=O) groups is 3. The van der Waals surface area contributed by atoms with Gasteiger partial charge in [0.25, 0.3) is 11.5 Å². The van der Waals surface area contributed by atoms with E-state index in [1.165, 1.54) is 13.8 Å². The Bertz CT molecular complexity index is 773. The van der Waals surface area contributed by atoms with E-state index >= 15 is 0 Å². The van der Waals surface area contributed by atoms with Crippen LogP contribution in [-0.4, -0.2) is 33.7 Å². The van der Waals surface area contributed by atoms with E-state index < -0.39 is 51.1 Å². The van der Waals surface area contributed by atoms with E-state index in [-0.39, 0.29) is 4.47 Å². The van der Waals surface area contributed by atoms with Crippen molar-refractivity contribution in [2.24, 2.45) is 0 Å². The fraction of sp³-hybridized carbons (Fsp3) is 0.214. The van der Waals surface area contributed by atoms with E-state index in [0.717, 1.165) is 18.3 Å². The van der Waals surface area contributed by atoms with Gasteiger partial charge in [-0.15, -0.1) is 0 Å². The molecule has 0 unspecified atom stereocenters. The number of anilines is 1. The molecule has 10 nitrogen and oxygen atoms in total.